The summed E-state index contributed by atoms with van der Waals surface area (Å²) in [6, 6.07) is -0.376. The van der Waals surface area contributed by atoms with E-state index < -0.39 is 0 Å². The molecule has 0 saturated heterocycles. The molecule has 0 spiro atoms. The van der Waals surface area contributed by atoms with Crippen molar-refractivity contribution in [1.29, 1.82) is 0 Å². The van der Waals surface area contributed by atoms with Gasteiger partial charge in [0.15, 0.2) is 11.6 Å². The molecule has 9 heteroatoms. The molecule has 8 nitrogen and oxygen atoms in total. The quantitative estimate of drug-likeness (QED) is 0.695. The minimum atomic E-state index is -0.376. The van der Waals surface area contributed by atoms with Crippen LogP contribution in [0.5, 0.6) is 0 Å². The molecular weight excluding hydrogens is 366 g/mol. The number of thiophene rings is 1. The maximum absolute atomic E-state index is 12.4. The van der Waals surface area contributed by atoms with Crippen molar-refractivity contribution in [3.8, 4) is 0 Å². The molecular formula is C18H21N5O3S. The zero-order valence-corrected chi connectivity index (χ0v) is 16.2. The smallest absolute Gasteiger partial charge is 0.341 e. The molecule has 3 heterocycles. The van der Waals surface area contributed by atoms with Gasteiger partial charge in [-0.05, 0) is 45.1 Å². The van der Waals surface area contributed by atoms with Crippen molar-refractivity contribution >= 4 is 45.5 Å². The predicted octanol–water partition coefficient (Wildman–Crippen LogP) is 3.01. The van der Waals surface area contributed by atoms with Crippen molar-refractivity contribution in [2.24, 2.45) is 0 Å². The first-order valence-electron chi connectivity index (χ1n) is 8.94. The molecule has 0 saturated carbocycles. The Kier molecular flexibility index (Phi) is 4.47. The molecule has 0 fully saturated rings. The van der Waals surface area contributed by atoms with Gasteiger partial charge in [0, 0.05) is 4.88 Å². The number of carbonyl (C=O) groups is 2. The van der Waals surface area contributed by atoms with Gasteiger partial charge in [0.25, 0.3) is 0 Å². The van der Waals surface area contributed by atoms with E-state index in [1.807, 2.05) is 0 Å². The molecule has 2 aromatic heterocycles. The summed E-state index contributed by atoms with van der Waals surface area (Å²) in [6.07, 6.45) is 4.01. The molecule has 3 N–H and O–H groups in total. The first-order valence-corrected chi connectivity index (χ1v) is 9.75. The van der Waals surface area contributed by atoms with Crippen LogP contribution in [0, 0.1) is 6.92 Å². The highest BCUT2D eigenvalue weighted by Crippen LogP contribution is 2.41. The summed E-state index contributed by atoms with van der Waals surface area (Å²) in [5, 5.41) is 9.89. The number of methoxy groups -OCH3 is 1. The SMILES string of the molecule is COC(=O)c1c(Nc2nc(C)nc3c2NC(=O)C(C)N3)sc2c1CCCC2. The molecule has 142 valence electrons. The Balaban J connectivity index is 1.78. The van der Waals surface area contributed by atoms with Crippen molar-refractivity contribution in [2.75, 3.05) is 23.1 Å². The molecule has 1 amide bonds. The summed E-state index contributed by atoms with van der Waals surface area (Å²) in [5.74, 6) is 1.09. The lowest BCUT2D eigenvalue weighted by Gasteiger charge is -2.25. The largest absolute Gasteiger partial charge is 0.465 e. The van der Waals surface area contributed by atoms with Crippen molar-refractivity contribution in [3.63, 3.8) is 0 Å². The number of anilines is 4. The summed E-state index contributed by atoms with van der Waals surface area (Å²) in [6.45, 7) is 3.56. The Hall–Kier alpha value is -2.68. The molecule has 2 aromatic rings. The molecule has 1 unspecified atom stereocenters. The normalized spacial score (nSPS) is 18.0. The maximum atomic E-state index is 12.4. The van der Waals surface area contributed by atoms with Crippen molar-refractivity contribution in [3.05, 3.63) is 21.8 Å². The summed E-state index contributed by atoms with van der Waals surface area (Å²) in [5.41, 5.74) is 2.13. The number of carbonyl (C=O) groups excluding carboxylic acids is 2. The first-order chi connectivity index (χ1) is 13.0. The number of hydrogen-bond acceptors (Lipinski definition) is 8. The highest BCUT2D eigenvalue weighted by Gasteiger charge is 2.29. The Morgan fingerprint density at radius 3 is 2.85 bits per heavy atom. The fraction of sp³-hybridized carbons (Fsp3) is 0.444. The van der Waals surface area contributed by atoms with Crippen LogP contribution in [0.25, 0.3) is 0 Å². The van der Waals surface area contributed by atoms with Crippen LogP contribution in [0.2, 0.25) is 0 Å². The van der Waals surface area contributed by atoms with Crippen LogP contribution in [-0.2, 0) is 22.4 Å². The average Bonchev–Trinajstić information content (AvgIpc) is 3.00. The second kappa shape index (κ2) is 6.80. The van der Waals surface area contributed by atoms with Crippen molar-refractivity contribution < 1.29 is 14.3 Å². The number of aromatic nitrogens is 2. The Labute approximate surface area is 160 Å². The number of esters is 1. The lowest BCUT2D eigenvalue weighted by atomic mass is 9.95. The second-order valence-electron chi connectivity index (χ2n) is 6.73. The average molecular weight is 387 g/mol. The van der Waals surface area contributed by atoms with Crippen LogP contribution < -0.4 is 16.0 Å². The topological polar surface area (TPSA) is 105 Å². The summed E-state index contributed by atoms with van der Waals surface area (Å²) < 4.78 is 5.02. The van der Waals surface area contributed by atoms with E-state index in [9.17, 15) is 9.59 Å². The minimum absolute atomic E-state index is 0.156. The molecule has 0 aromatic carbocycles. The minimum Gasteiger partial charge on any atom is -0.465 e. The first kappa shape index (κ1) is 17.7. The molecule has 27 heavy (non-hydrogen) atoms. The number of aryl methyl sites for hydroxylation is 2. The summed E-state index contributed by atoms with van der Waals surface area (Å²) in [4.78, 5) is 34.6. The number of amides is 1. The zero-order chi connectivity index (χ0) is 19.1. The zero-order valence-electron chi connectivity index (χ0n) is 15.4. The van der Waals surface area contributed by atoms with Gasteiger partial charge < -0.3 is 20.7 Å². The van der Waals surface area contributed by atoms with Gasteiger partial charge in [0.2, 0.25) is 5.91 Å². The van der Waals surface area contributed by atoms with Gasteiger partial charge in [0.05, 0.1) is 12.7 Å². The van der Waals surface area contributed by atoms with E-state index in [2.05, 4.69) is 25.9 Å². The highest BCUT2D eigenvalue weighted by atomic mass is 32.1. The number of hydrogen-bond donors (Lipinski definition) is 3. The van der Waals surface area contributed by atoms with Gasteiger partial charge in [-0.25, -0.2) is 14.8 Å². The van der Waals surface area contributed by atoms with E-state index in [4.69, 9.17) is 4.74 Å². The monoisotopic (exact) mass is 387 g/mol. The fourth-order valence-electron chi connectivity index (χ4n) is 3.47. The fourth-order valence-corrected chi connectivity index (χ4v) is 4.74. The number of ether oxygens (including phenoxy) is 1. The van der Waals surface area contributed by atoms with E-state index >= 15 is 0 Å². The molecule has 4 rings (SSSR count). The van der Waals surface area contributed by atoms with Gasteiger partial charge >= 0.3 is 5.97 Å². The second-order valence-corrected chi connectivity index (χ2v) is 7.84. The summed E-state index contributed by atoms with van der Waals surface area (Å²) >= 11 is 1.55. The van der Waals surface area contributed by atoms with Crippen molar-refractivity contribution in [2.45, 2.75) is 45.6 Å². The van der Waals surface area contributed by atoms with Crippen LogP contribution in [0.4, 0.5) is 22.3 Å². The predicted molar refractivity (Wildman–Crippen MR) is 104 cm³/mol. The standard InChI is InChI=1S/C18H21N5O3S/c1-8-16(24)22-13-14(19-8)20-9(2)21-15(13)23-17-12(18(25)26-3)10-6-4-5-7-11(10)27-17/h8H,4-7H2,1-3H3,(H,22,24)(H2,19,20,21,23). The van der Waals surface area contributed by atoms with Crippen LogP contribution in [0.1, 0.15) is 46.4 Å². The third kappa shape index (κ3) is 3.12. The van der Waals surface area contributed by atoms with Gasteiger partial charge in [-0.3, -0.25) is 4.79 Å². The molecule has 1 aliphatic heterocycles. The number of fused-ring (bicyclic) bond motifs is 2. The lowest BCUT2D eigenvalue weighted by Crippen LogP contribution is -2.37. The van der Waals surface area contributed by atoms with Gasteiger partial charge in [-0.15, -0.1) is 11.3 Å². The van der Waals surface area contributed by atoms with E-state index in [0.717, 1.165) is 31.2 Å². The van der Waals surface area contributed by atoms with Gasteiger partial charge in [0.1, 0.15) is 22.6 Å². The van der Waals surface area contributed by atoms with Crippen molar-refractivity contribution in [1.82, 2.24) is 9.97 Å². The summed E-state index contributed by atoms with van der Waals surface area (Å²) in [7, 11) is 1.39. The molecule has 1 aliphatic carbocycles. The number of nitrogens with one attached hydrogen (secondary N) is 3. The van der Waals surface area contributed by atoms with E-state index in [-0.39, 0.29) is 17.9 Å². The Morgan fingerprint density at radius 2 is 2.07 bits per heavy atom. The highest BCUT2D eigenvalue weighted by molar-refractivity contribution is 7.16. The lowest BCUT2D eigenvalue weighted by molar-refractivity contribution is -0.116. The van der Waals surface area contributed by atoms with Crippen LogP contribution in [0.15, 0.2) is 0 Å². The number of rotatable bonds is 3. The third-order valence-corrected chi connectivity index (χ3v) is 6.02. The Morgan fingerprint density at radius 1 is 1.30 bits per heavy atom. The molecule has 0 bridgehead atoms. The van der Waals surface area contributed by atoms with E-state index in [1.165, 1.54) is 12.0 Å². The van der Waals surface area contributed by atoms with Crippen LogP contribution in [-0.4, -0.2) is 35.0 Å². The molecule has 2 aliphatic rings. The van der Waals surface area contributed by atoms with Crippen LogP contribution in [0.3, 0.4) is 0 Å². The van der Waals surface area contributed by atoms with E-state index in [1.54, 1.807) is 25.2 Å². The maximum Gasteiger partial charge on any atom is 0.341 e. The van der Waals surface area contributed by atoms with Gasteiger partial charge in [-0.2, -0.15) is 0 Å². The Bertz CT molecular complexity index is 940. The number of nitrogens with zero attached hydrogens (tertiary/aromatic N) is 2. The third-order valence-electron chi connectivity index (χ3n) is 4.81. The van der Waals surface area contributed by atoms with Crippen LogP contribution >= 0.6 is 11.3 Å². The molecule has 1 atom stereocenters. The van der Waals surface area contributed by atoms with Gasteiger partial charge in [-0.1, -0.05) is 0 Å². The van der Waals surface area contributed by atoms with E-state index in [0.29, 0.717) is 33.7 Å². The molecule has 0 radical (unpaired) electrons.